The Morgan fingerprint density at radius 2 is 1.83 bits per heavy atom. The monoisotopic (exact) mass is 401 g/mol. The van der Waals surface area contributed by atoms with E-state index in [-0.39, 0.29) is 29.7 Å². The van der Waals surface area contributed by atoms with Crippen molar-refractivity contribution in [3.05, 3.63) is 47.9 Å². The topological polar surface area (TPSA) is 110 Å². The van der Waals surface area contributed by atoms with Crippen molar-refractivity contribution in [2.24, 2.45) is 5.92 Å². The summed E-state index contributed by atoms with van der Waals surface area (Å²) in [6.45, 7) is 0.813. The first-order valence-electron chi connectivity index (χ1n) is 9.18. The number of hydrogen-bond donors (Lipinski definition) is 2. The molecule has 29 heavy (non-hydrogen) atoms. The maximum Gasteiger partial charge on any atom is 0.289 e. The van der Waals surface area contributed by atoms with Gasteiger partial charge >= 0.3 is 0 Å². The highest BCUT2D eigenvalue weighted by molar-refractivity contribution is 5.96. The number of likely N-dealkylation sites (tertiary alicyclic amines) is 1. The van der Waals surface area contributed by atoms with Gasteiger partial charge in [-0.1, -0.05) is 0 Å². The minimum Gasteiger partial charge on any atom is -0.497 e. The van der Waals surface area contributed by atoms with Crippen LogP contribution in [0.1, 0.15) is 33.8 Å². The number of hydrogen-bond acceptors (Lipinski definition) is 6. The number of furan rings is 1. The molecule has 0 bridgehead atoms. The minimum absolute atomic E-state index is 0.242. The lowest BCUT2D eigenvalue weighted by molar-refractivity contribution is -0.127. The number of hydrazine groups is 1. The highest BCUT2D eigenvalue weighted by atomic mass is 16.5. The van der Waals surface area contributed by atoms with Gasteiger partial charge < -0.3 is 18.8 Å². The Labute approximate surface area is 167 Å². The SMILES string of the molecule is COc1cc(OC)cc(C(=O)NNC(=O)[C@H]2CCCN(C(=O)c3ccco3)C2)c1. The fraction of sp³-hybridized carbons (Fsp3) is 0.350. The Bertz CT molecular complexity index is 858. The van der Waals surface area contributed by atoms with Crippen LogP contribution in [-0.4, -0.2) is 49.9 Å². The van der Waals surface area contributed by atoms with Crippen LogP contribution in [0.4, 0.5) is 0 Å². The zero-order chi connectivity index (χ0) is 20.8. The second kappa shape index (κ2) is 9.13. The number of nitrogens with one attached hydrogen (secondary N) is 2. The molecule has 154 valence electrons. The average Bonchev–Trinajstić information content (AvgIpc) is 3.31. The van der Waals surface area contributed by atoms with Gasteiger partial charge in [0.05, 0.1) is 26.4 Å². The van der Waals surface area contributed by atoms with Crippen molar-refractivity contribution >= 4 is 17.7 Å². The summed E-state index contributed by atoms with van der Waals surface area (Å²) < 4.78 is 15.4. The smallest absolute Gasteiger partial charge is 0.289 e. The number of carbonyl (C=O) groups is 3. The van der Waals surface area contributed by atoms with Gasteiger partial charge in [-0.15, -0.1) is 0 Å². The largest absolute Gasteiger partial charge is 0.497 e. The Kier molecular flexibility index (Phi) is 6.38. The summed E-state index contributed by atoms with van der Waals surface area (Å²) in [5, 5.41) is 0. The number of amides is 3. The molecule has 0 saturated carbocycles. The molecule has 3 rings (SSSR count). The standard InChI is InChI=1S/C20H23N3O6/c1-27-15-9-14(10-16(11-15)28-2)19(25)22-21-18(24)13-5-3-7-23(12-13)20(26)17-6-4-8-29-17/h4,6,8-11,13H,3,5,7,12H2,1-2H3,(H,21,24)(H,22,25)/t13-/m0/s1. The van der Waals surface area contributed by atoms with Crippen molar-refractivity contribution in [1.29, 1.82) is 0 Å². The number of nitrogens with zero attached hydrogens (tertiary/aromatic N) is 1. The van der Waals surface area contributed by atoms with E-state index in [1.54, 1.807) is 23.1 Å². The molecule has 1 saturated heterocycles. The van der Waals surface area contributed by atoms with Crippen molar-refractivity contribution in [2.75, 3.05) is 27.3 Å². The van der Waals surface area contributed by atoms with Crippen molar-refractivity contribution in [2.45, 2.75) is 12.8 Å². The van der Waals surface area contributed by atoms with Crippen LogP contribution in [0.15, 0.2) is 41.0 Å². The Morgan fingerprint density at radius 1 is 1.10 bits per heavy atom. The van der Waals surface area contributed by atoms with E-state index in [1.165, 1.54) is 32.6 Å². The molecule has 1 aromatic carbocycles. The number of carbonyl (C=O) groups excluding carboxylic acids is 3. The molecule has 0 unspecified atom stereocenters. The molecular formula is C20H23N3O6. The van der Waals surface area contributed by atoms with Gasteiger partial charge in [-0.2, -0.15) is 0 Å². The fourth-order valence-electron chi connectivity index (χ4n) is 3.16. The summed E-state index contributed by atoms with van der Waals surface area (Å²) >= 11 is 0. The molecule has 9 nitrogen and oxygen atoms in total. The van der Waals surface area contributed by atoms with Crippen molar-refractivity contribution in [3.8, 4) is 11.5 Å². The van der Waals surface area contributed by atoms with Crippen LogP contribution in [0.5, 0.6) is 11.5 Å². The third-order valence-electron chi connectivity index (χ3n) is 4.72. The minimum atomic E-state index is -0.505. The zero-order valence-electron chi connectivity index (χ0n) is 16.3. The van der Waals surface area contributed by atoms with Gasteiger partial charge in [0.15, 0.2) is 5.76 Å². The molecule has 2 N–H and O–H groups in total. The van der Waals surface area contributed by atoms with Gasteiger partial charge in [-0.05, 0) is 37.1 Å². The molecule has 1 fully saturated rings. The molecule has 2 heterocycles. The van der Waals surface area contributed by atoms with E-state index in [9.17, 15) is 14.4 Å². The van der Waals surface area contributed by atoms with Crippen LogP contribution in [0, 0.1) is 5.92 Å². The van der Waals surface area contributed by atoms with Crippen LogP contribution in [0.2, 0.25) is 0 Å². The second-order valence-electron chi connectivity index (χ2n) is 6.61. The number of methoxy groups -OCH3 is 2. The summed E-state index contributed by atoms with van der Waals surface area (Å²) in [5.74, 6) is -0.380. The first kappa shape index (κ1) is 20.2. The molecular weight excluding hydrogens is 378 g/mol. The van der Waals surface area contributed by atoms with Crippen LogP contribution >= 0.6 is 0 Å². The summed E-state index contributed by atoms with van der Waals surface area (Å²) in [6.07, 6.45) is 2.74. The molecule has 0 aliphatic carbocycles. The van der Waals surface area contributed by atoms with Crippen molar-refractivity contribution in [3.63, 3.8) is 0 Å². The number of benzene rings is 1. The van der Waals surface area contributed by atoms with Gasteiger partial charge in [0.1, 0.15) is 11.5 Å². The fourth-order valence-corrected chi connectivity index (χ4v) is 3.16. The lowest BCUT2D eigenvalue weighted by atomic mass is 9.97. The van der Waals surface area contributed by atoms with Crippen LogP contribution in [-0.2, 0) is 4.79 Å². The van der Waals surface area contributed by atoms with E-state index in [1.807, 2.05) is 0 Å². The molecule has 2 aromatic rings. The summed E-state index contributed by atoms with van der Waals surface area (Å²) in [5.41, 5.74) is 5.11. The Morgan fingerprint density at radius 3 is 2.45 bits per heavy atom. The lowest BCUT2D eigenvalue weighted by Gasteiger charge is -2.31. The molecule has 0 spiro atoms. The van der Waals surface area contributed by atoms with E-state index in [0.717, 1.165) is 0 Å². The first-order valence-corrected chi connectivity index (χ1v) is 9.18. The zero-order valence-corrected chi connectivity index (χ0v) is 16.3. The van der Waals surface area contributed by atoms with Gasteiger partial charge in [0, 0.05) is 24.7 Å². The predicted octanol–water partition coefficient (Wildman–Crippen LogP) is 1.61. The molecule has 0 radical (unpaired) electrons. The summed E-state index contributed by atoms with van der Waals surface area (Å²) in [6, 6.07) is 7.95. The molecule has 1 aromatic heterocycles. The average molecular weight is 401 g/mol. The van der Waals surface area contributed by atoms with Gasteiger partial charge in [0.2, 0.25) is 5.91 Å². The van der Waals surface area contributed by atoms with Crippen LogP contribution in [0.3, 0.4) is 0 Å². The third kappa shape index (κ3) is 4.87. The van der Waals surface area contributed by atoms with Crippen molar-refractivity contribution in [1.82, 2.24) is 15.8 Å². The maximum atomic E-state index is 12.5. The highest BCUT2D eigenvalue weighted by Gasteiger charge is 2.30. The number of piperidine rings is 1. The Balaban J connectivity index is 1.57. The quantitative estimate of drug-likeness (QED) is 0.737. The van der Waals surface area contributed by atoms with E-state index in [4.69, 9.17) is 13.9 Å². The summed E-state index contributed by atoms with van der Waals surface area (Å²) in [7, 11) is 2.97. The molecule has 3 amide bonds. The summed E-state index contributed by atoms with van der Waals surface area (Å²) in [4.78, 5) is 38.9. The lowest BCUT2D eigenvalue weighted by Crippen LogP contribution is -2.50. The van der Waals surface area contributed by atoms with E-state index in [2.05, 4.69) is 10.9 Å². The Hall–Kier alpha value is -3.49. The predicted molar refractivity (Wildman–Crippen MR) is 102 cm³/mol. The maximum absolute atomic E-state index is 12.5. The number of ether oxygens (including phenoxy) is 2. The van der Waals surface area contributed by atoms with E-state index < -0.39 is 11.8 Å². The van der Waals surface area contributed by atoms with E-state index >= 15 is 0 Å². The molecule has 1 aliphatic rings. The normalized spacial score (nSPS) is 16.1. The van der Waals surface area contributed by atoms with Gasteiger partial charge in [-0.25, -0.2) is 0 Å². The van der Waals surface area contributed by atoms with Crippen LogP contribution < -0.4 is 20.3 Å². The second-order valence-corrected chi connectivity index (χ2v) is 6.61. The van der Waals surface area contributed by atoms with Crippen LogP contribution in [0.25, 0.3) is 0 Å². The number of rotatable bonds is 5. The first-order chi connectivity index (χ1) is 14.0. The molecule has 1 atom stereocenters. The molecule has 9 heteroatoms. The highest BCUT2D eigenvalue weighted by Crippen LogP contribution is 2.22. The molecule has 1 aliphatic heterocycles. The van der Waals surface area contributed by atoms with E-state index in [0.29, 0.717) is 30.9 Å². The van der Waals surface area contributed by atoms with Gasteiger partial charge in [-0.3, -0.25) is 25.2 Å². The van der Waals surface area contributed by atoms with Crippen molar-refractivity contribution < 1.29 is 28.3 Å². The van der Waals surface area contributed by atoms with Gasteiger partial charge in [0.25, 0.3) is 11.8 Å². The third-order valence-corrected chi connectivity index (χ3v) is 4.72.